The SMILES string of the molecule is CCCCCCc1ccc2nc(NCC(=O)O)cc(-c3ccc(C)cc3)c2c1. The van der Waals surface area contributed by atoms with E-state index in [0.29, 0.717) is 5.82 Å². The molecule has 0 saturated carbocycles. The summed E-state index contributed by atoms with van der Waals surface area (Å²) in [7, 11) is 0. The van der Waals surface area contributed by atoms with Gasteiger partial charge < -0.3 is 10.4 Å². The zero-order valence-corrected chi connectivity index (χ0v) is 16.7. The van der Waals surface area contributed by atoms with Crippen molar-refractivity contribution in [1.29, 1.82) is 0 Å². The number of aromatic nitrogens is 1. The lowest BCUT2D eigenvalue weighted by Crippen LogP contribution is -2.13. The molecular weight excluding hydrogens is 348 g/mol. The molecule has 0 saturated heterocycles. The summed E-state index contributed by atoms with van der Waals surface area (Å²) in [5.74, 6) is -0.317. The number of nitrogens with zero attached hydrogens (tertiary/aromatic N) is 1. The molecule has 3 rings (SSSR count). The molecule has 4 heteroatoms. The monoisotopic (exact) mass is 376 g/mol. The molecule has 0 bridgehead atoms. The van der Waals surface area contributed by atoms with Crippen molar-refractivity contribution in [3.8, 4) is 11.1 Å². The standard InChI is InChI=1S/C24H28N2O2/c1-3-4-5-6-7-18-10-13-22-21(14-18)20(19-11-8-17(2)9-12-19)15-23(26-22)25-16-24(27)28/h8-15H,3-7,16H2,1-2H3,(H,25,26)(H,27,28). The number of rotatable bonds is 9. The van der Waals surface area contributed by atoms with E-state index in [2.05, 4.69) is 60.5 Å². The summed E-state index contributed by atoms with van der Waals surface area (Å²) >= 11 is 0. The summed E-state index contributed by atoms with van der Waals surface area (Å²) in [6, 6.07) is 16.8. The number of hydrogen-bond acceptors (Lipinski definition) is 3. The largest absolute Gasteiger partial charge is 0.480 e. The molecule has 146 valence electrons. The fourth-order valence-corrected chi connectivity index (χ4v) is 3.41. The Kier molecular flexibility index (Phi) is 6.64. The van der Waals surface area contributed by atoms with Gasteiger partial charge in [-0.25, -0.2) is 4.98 Å². The highest BCUT2D eigenvalue weighted by Crippen LogP contribution is 2.31. The first-order chi connectivity index (χ1) is 13.6. The first-order valence-corrected chi connectivity index (χ1v) is 10.0. The van der Waals surface area contributed by atoms with Crippen LogP contribution in [0.15, 0.2) is 48.5 Å². The molecule has 2 aromatic carbocycles. The molecule has 0 aliphatic rings. The van der Waals surface area contributed by atoms with Crippen LogP contribution in [0.2, 0.25) is 0 Å². The molecule has 3 aromatic rings. The Morgan fingerprint density at radius 3 is 2.54 bits per heavy atom. The van der Waals surface area contributed by atoms with E-state index in [1.54, 1.807) is 0 Å². The highest BCUT2D eigenvalue weighted by molar-refractivity contribution is 5.96. The van der Waals surface area contributed by atoms with E-state index in [1.165, 1.54) is 36.8 Å². The fourth-order valence-electron chi connectivity index (χ4n) is 3.41. The number of aryl methyl sites for hydroxylation is 2. The van der Waals surface area contributed by atoms with Crippen molar-refractivity contribution in [1.82, 2.24) is 4.98 Å². The highest BCUT2D eigenvalue weighted by atomic mass is 16.4. The molecule has 4 nitrogen and oxygen atoms in total. The van der Waals surface area contributed by atoms with Gasteiger partial charge in [0.25, 0.3) is 0 Å². The Morgan fingerprint density at radius 1 is 1.04 bits per heavy atom. The number of nitrogens with one attached hydrogen (secondary N) is 1. The summed E-state index contributed by atoms with van der Waals surface area (Å²) < 4.78 is 0. The highest BCUT2D eigenvalue weighted by Gasteiger charge is 2.10. The number of carboxylic acids is 1. The van der Waals surface area contributed by atoms with E-state index in [9.17, 15) is 4.79 Å². The molecule has 1 aromatic heterocycles. The number of pyridine rings is 1. The van der Waals surface area contributed by atoms with Gasteiger partial charge in [-0.2, -0.15) is 0 Å². The van der Waals surface area contributed by atoms with Gasteiger partial charge in [0, 0.05) is 5.39 Å². The summed E-state index contributed by atoms with van der Waals surface area (Å²) in [4.78, 5) is 15.6. The van der Waals surface area contributed by atoms with Gasteiger partial charge in [-0.3, -0.25) is 4.79 Å². The molecular formula is C24H28N2O2. The maximum absolute atomic E-state index is 10.9. The maximum Gasteiger partial charge on any atom is 0.322 e. The fraction of sp³-hybridized carbons (Fsp3) is 0.333. The van der Waals surface area contributed by atoms with Crippen molar-refractivity contribution in [2.75, 3.05) is 11.9 Å². The van der Waals surface area contributed by atoms with Crippen molar-refractivity contribution in [3.63, 3.8) is 0 Å². The Balaban J connectivity index is 2.00. The van der Waals surface area contributed by atoms with Gasteiger partial charge in [-0.05, 0) is 54.7 Å². The van der Waals surface area contributed by atoms with E-state index >= 15 is 0 Å². The van der Waals surface area contributed by atoms with Crippen LogP contribution in [0.4, 0.5) is 5.82 Å². The molecule has 0 fully saturated rings. The Bertz CT molecular complexity index is 949. The smallest absolute Gasteiger partial charge is 0.322 e. The number of carboxylic acid groups (broad SMARTS) is 1. The molecule has 0 spiro atoms. The average molecular weight is 377 g/mol. The van der Waals surface area contributed by atoms with Crippen LogP contribution in [-0.4, -0.2) is 22.6 Å². The minimum atomic E-state index is -0.902. The summed E-state index contributed by atoms with van der Waals surface area (Å²) in [6.07, 6.45) is 6.05. The second kappa shape index (κ2) is 9.36. The molecule has 0 radical (unpaired) electrons. The lowest BCUT2D eigenvalue weighted by Gasteiger charge is -2.12. The first-order valence-electron chi connectivity index (χ1n) is 10.0. The third-order valence-corrected chi connectivity index (χ3v) is 4.98. The number of aliphatic carboxylic acids is 1. The predicted molar refractivity (Wildman–Crippen MR) is 116 cm³/mol. The number of anilines is 1. The van der Waals surface area contributed by atoms with E-state index in [1.807, 2.05) is 12.1 Å². The van der Waals surface area contributed by atoms with Crippen LogP contribution >= 0.6 is 0 Å². The topological polar surface area (TPSA) is 62.2 Å². The number of unbranched alkanes of at least 4 members (excludes halogenated alkanes) is 3. The van der Waals surface area contributed by atoms with E-state index in [0.717, 1.165) is 28.5 Å². The molecule has 0 aliphatic heterocycles. The number of carbonyl (C=O) groups is 1. The van der Waals surface area contributed by atoms with Crippen LogP contribution < -0.4 is 5.32 Å². The molecule has 2 N–H and O–H groups in total. The van der Waals surface area contributed by atoms with E-state index < -0.39 is 5.97 Å². The summed E-state index contributed by atoms with van der Waals surface area (Å²) in [5, 5.41) is 13.0. The minimum Gasteiger partial charge on any atom is -0.480 e. The first kappa shape index (κ1) is 19.9. The third kappa shape index (κ3) is 5.10. The normalized spacial score (nSPS) is 10.9. The van der Waals surface area contributed by atoms with E-state index in [4.69, 9.17) is 5.11 Å². The van der Waals surface area contributed by atoms with Gasteiger partial charge in [0.2, 0.25) is 0 Å². The van der Waals surface area contributed by atoms with Crippen molar-refractivity contribution < 1.29 is 9.90 Å². The average Bonchev–Trinajstić information content (AvgIpc) is 2.70. The quantitative estimate of drug-likeness (QED) is 0.461. The van der Waals surface area contributed by atoms with Crippen LogP contribution in [0.1, 0.15) is 43.7 Å². The van der Waals surface area contributed by atoms with Gasteiger partial charge in [0.1, 0.15) is 12.4 Å². The second-order valence-corrected chi connectivity index (χ2v) is 7.33. The minimum absolute atomic E-state index is 0.151. The van der Waals surface area contributed by atoms with Crippen molar-refractivity contribution in [3.05, 3.63) is 59.7 Å². The summed E-state index contributed by atoms with van der Waals surface area (Å²) in [5.41, 5.74) is 5.60. The van der Waals surface area contributed by atoms with Gasteiger partial charge in [0.05, 0.1) is 5.52 Å². The van der Waals surface area contributed by atoms with Crippen LogP contribution in [0, 0.1) is 6.92 Å². The van der Waals surface area contributed by atoms with Gasteiger partial charge >= 0.3 is 5.97 Å². The third-order valence-electron chi connectivity index (χ3n) is 4.98. The number of fused-ring (bicyclic) bond motifs is 1. The van der Waals surface area contributed by atoms with Crippen LogP contribution in [0.25, 0.3) is 22.0 Å². The lowest BCUT2D eigenvalue weighted by atomic mass is 9.97. The van der Waals surface area contributed by atoms with Crippen LogP contribution in [-0.2, 0) is 11.2 Å². The van der Waals surface area contributed by atoms with Crippen LogP contribution in [0.3, 0.4) is 0 Å². The predicted octanol–water partition coefficient (Wildman–Crippen LogP) is 5.83. The van der Waals surface area contributed by atoms with Gasteiger partial charge in [-0.15, -0.1) is 0 Å². The molecule has 1 heterocycles. The Hall–Kier alpha value is -2.88. The number of hydrogen-bond donors (Lipinski definition) is 2. The molecule has 0 atom stereocenters. The Morgan fingerprint density at radius 2 is 1.82 bits per heavy atom. The zero-order chi connectivity index (χ0) is 19.9. The van der Waals surface area contributed by atoms with Gasteiger partial charge in [-0.1, -0.05) is 62.1 Å². The van der Waals surface area contributed by atoms with Crippen LogP contribution in [0.5, 0.6) is 0 Å². The molecule has 28 heavy (non-hydrogen) atoms. The van der Waals surface area contributed by atoms with Crippen molar-refractivity contribution in [2.45, 2.75) is 46.0 Å². The van der Waals surface area contributed by atoms with Gasteiger partial charge in [0.15, 0.2) is 0 Å². The second-order valence-electron chi connectivity index (χ2n) is 7.33. The number of benzene rings is 2. The van der Waals surface area contributed by atoms with Crippen molar-refractivity contribution in [2.24, 2.45) is 0 Å². The van der Waals surface area contributed by atoms with Crippen molar-refractivity contribution >= 4 is 22.7 Å². The molecule has 0 unspecified atom stereocenters. The lowest BCUT2D eigenvalue weighted by molar-refractivity contribution is -0.134. The molecule has 0 aliphatic carbocycles. The Labute approximate surface area is 166 Å². The maximum atomic E-state index is 10.9. The molecule has 0 amide bonds. The zero-order valence-electron chi connectivity index (χ0n) is 16.7. The summed E-state index contributed by atoms with van der Waals surface area (Å²) in [6.45, 7) is 4.15. The van der Waals surface area contributed by atoms with E-state index in [-0.39, 0.29) is 6.54 Å².